The van der Waals surface area contributed by atoms with Gasteiger partial charge in [0.05, 0.1) is 16.4 Å². The molecule has 0 atom stereocenters. The van der Waals surface area contributed by atoms with E-state index in [0.717, 1.165) is 20.2 Å². The number of aryl methyl sites for hydroxylation is 1. The molecule has 5 nitrogen and oxygen atoms in total. The molecule has 2 rings (SSSR count). The maximum atomic E-state index is 5.76. The molecule has 2 N–H and O–H groups in total. The molecule has 0 unspecified atom stereocenters. The van der Waals surface area contributed by atoms with Crippen molar-refractivity contribution in [3.63, 3.8) is 0 Å². The number of pyridine rings is 1. The smallest absolute Gasteiger partial charge is 0.197 e. The van der Waals surface area contributed by atoms with E-state index in [0.29, 0.717) is 5.69 Å². The highest BCUT2D eigenvalue weighted by Crippen LogP contribution is 2.33. The number of nitrogens with zero attached hydrogens (tertiary/aromatic N) is 4. The van der Waals surface area contributed by atoms with Gasteiger partial charge in [0.25, 0.3) is 0 Å². The lowest BCUT2D eigenvalue weighted by molar-refractivity contribution is 0.786. The Bertz CT molecular complexity index is 525. The van der Waals surface area contributed by atoms with Crippen molar-refractivity contribution in [3.05, 3.63) is 22.6 Å². The lowest BCUT2D eigenvalue weighted by Gasteiger charge is -2.07. The van der Waals surface area contributed by atoms with Gasteiger partial charge in [-0.15, -0.1) is 10.2 Å². The molecule has 2 heterocycles. The fourth-order valence-corrected chi connectivity index (χ4v) is 2.47. The van der Waals surface area contributed by atoms with Gasteiger partial charge in [-0.2, -0.15) is 0 Å². The third-order valence-corrected chi connectivity index (χ3v) is 4.42. The summed E-state index contributed by atoms with van der Waals surface area (Å²) in [5.41, 5.74) is 7.42. The SMILES string of the molecule is Cc1c(N)cnc(Sc2nncn2C)c1Br. The van der Waals surface area contributed by atoms with Crippen LogP contribution in [0.15, 0.2) is 27.2 Å². The van der Waals surface area contributed by atoms with Crippen LogP contribution in [0.5, 0.6) is 0 Å². The summed E-state index contributed by atoms with van der Waals surface area (Å²) < 4.78 is 2.74. The van der Waals surface area contributed by atoms with Crippen LogP contribution in [-0.2, 0) is 7.05 Å². The Kier molecular flexibility index (Phi) is 3.15. The van der Waals surface area contributed by atoms with Crippen LogP contribution in [0.3, 0.4) is 0 Å². The summed E-state index contributed by atoms with van der Waals surface area (Å²) in [7, 11) is 1.89. The molecule has 0 amide bonds. The first-order valence-corrected chi connectivity index (χ1v) is 6.13. The molecule has 0 aliphatic carbocycles. The summed E-state index contributed by atoms with van der Waals surface area (Å²) in [6.07, 6.45) is 3.30. The summed E-state index contributed by atoms with van der Waals surface area (Å²) >= 11 is 4.93. The normalized spacial score (nSPS) is 10.7. The minimum atomic E-state index is 0.675. The molecule has 0 aliphatic heterocycles. The molecule has 0 aromatic carbocycles. The molecule has 0 aliphatic rings. The van der Waals surface area contributed by atoms with E-state index in [1.165, 1.54) is 11.8 Å². The minimum absolute atomic E-state index is 0.675. The molecule has 7 heteroatoms. The summed E-state index contributed by atoms with van der Waals surface area (Å²) in [5.74, 6) is 0. The van der Waals surface area contributed by atoms with E-state index in [9.17, 15) is 0 Å². The molecule has 2 aromatic rings. The van der Waals surface area contributed by atoms with Crippen LogP contribution < -0.4 is 5.73 Å². The molecular weight excluding hydrogens is 290 g/mol. The van der Waals surface area contributed by atoms with Crippen molar-refractivity contribution >= 4 is 33.4 Å². The molecule has 84 valence electrons. The maximum Gasteiger partial charge on any atom is 0.197 e. The molecule has 0 radical (unpaired) electrons. The van der Waals surface area contributed by atoms with Gasteiger partial charge in [0, 0.05) is 7.05 Å². The predicted octanol–water partition coefficient (Wildman–Crippen LogP) is 2.01. The van der Waals surface area contributed by atoms with Gasteiger partial charge in [0.15, 0.2) is 5.16 Å². The lowest BCUT2D eigenvalue weighted by Crippen LogP contribution is -1.96. The van der Waals surface area contributed by atoms with Crippen LogP contribution >= 0.6 is 27.7 Å². The van der Waals surface area contributed by atoms with Crippen LogP contribution in [-0.4, -0.2) is 19.7 Å². The first-order valence-electron chi connectivity index (χ1n) is 4.52. The molecule has 2 aromatic heterocycles. The number of anilines is 1. The molecule has 0 bridgehead atoms. The van der Waals surface area contributed by atoms with Crippen LogP contribution in [0.25, 0.3) is 0 Å². The largest absolute Gasteiger partial charge is 0.397 e. The Hall–Kier alpha value is -1.08. The maximum absolute atomic E-state index is 5.76. The second kappa shape index (κ2) is 4.42. The molecule has 16 heavy (non-hydrogen) atoms. The number of nitrogens with two attached hydrogens (primary N) is 1. The lowest BCUT2D eigenvalue weighted by atomic mass is 10.3. The van der Waals surface area contributed by atoms with Crippen LogP contribution in [0.2, 0.25) is 0 Å². The summed E-state index contributed by atoms with van der Waals surface area (Å²) in [4.78, 5) is 4.26. The van der Waals surface area contributed by atoms with Crippen molar-refractivity contribution in [2.24, 2.45) is 7.05 Å². The molecule has 0 saturated heterocycles. The Morgan fingerprint density at radius 1 is 1.50 bits per heavy atom. The van der Waals surface area contributed by atoms with Crippen molar-refractivity contribution in [2.45, 2.75) is 17.1 Å². The Labute approximate surface area is 106 Å². The quantitative estimate of drug-likeness (QED) is 0.919. The monoisotopic (exact) mass is 299 g/mol. The van der Waals surface area contributed by atoms with Crippen LogP contribution in [0.4, 0.5) is 5.69 Å². The average molecular weight is 300 g/mol. The average Bonchev–Trinajstić information content (AvgIpc) is 2.65. The van der Waals surface area contributed by atoms with Gasteiger partial charge in [0.1, 0.15) is 11.4 Å². The first-order chi connectivity index (χ1) is 7.59. The molecular formula is C9H10BrN5S. The van der Waals surface area contributed by atoms with Gasteiger partial charge < -0.3 is 10.3 Å². The molecule has 0 fully saturated rings. The number of hydrogen-bond donors (Lipinski definition) is 1. The highest BCUT2D eigenvalue weighted by molar-refractivity contribution is 9.10. The van der Waals surface area contributed by atoms with Gasteiger partial charge in [0.2, 0.25) is 0 Å². The fraction of sp³-hybridized carbons (Fsp3) is 0.222. The highest BCUT2D eigenvalue weighted by Gasteiger charge is 2.11. The van der Waals surface area contributed by atoms with Gasteiger partial charge in [-0.05, 0) is 40.2 Å². The Morgan fingerprint density at radius 2 is 2.25 bits per heavy atom. The van der Waals surface area contributed by atoms with Crippen molar-refractivity contribution in [1.29, 1.82) is 0 Å². The number of rotatable bonds is 2. The van der Waals surface area contributed by atoms with Crippen LogP contribution in [0.1, 0.15) is 5.56 Å². The van der Waals surface area contributed by atoms with E-state index in [1.54, 1.807) is 12.5 Å². The summed E-state index contributed by atoms with van der Waals surface area (Å²) in [5, 5.41) is 9.43. The zero-order valence-corrected chi connectivity index (χ0v) is 11.2. The Balaban J connectivity index is 2.36. The number of hydrogen-bond acceptors (Lipinski definition) is 5. The van der Waals surface area contributed by atoms with Crippen LogP contribution in [0, 0.1) is 6.92 Å². The van der Waals surface area contributed by atoms with E-state index in [-0.39, 0.29) is 0 Å². The number of halogens is 1. The number of aromatic nitrogens is 4. The van der Waals surface area contributed by atoms with Crippen molar-refractivity contribution in [2.75, 3.05) is 5.73 Å². The standard InChI is InChI=1S/C9H10BrN5S/c1-5-6(11)3-12-8(7(5)10)16-9-14-13-4-15(9)2/h3-4H,11H2,1-2H3. The van der Waals surface area contributed by atoms with E-state index >= 15 is 0 Å². The van der Waals surface area contributed by atoms with Crippen molar-refractivity contribution in [1.82, 2.24) is 19.7 Å². The zero-order valence-electron chi connectivity index (χ0n) is 8.81. The van der Waals surface area contributed by atoms with E-state index < -0.39 is 0 Å². The third kappa shape index (κ3) is 2.05. The highest BCUT2D eigenvalue weighted by atomic mass is 79.9. The topological polar surface area (TPSA) is 69.6 Å². The summed E-state index contributed by atoms with van der Waals surface area (Å²) in [6, 6.07) is 0. The first kappa shape index (κ1) is 11.4. The van der Waals surface area contributed by atoms with E-state index in [1.807, 2.05) is 18.5 Å². The van der Waals surface area contributed by atoms with Crippen molar-refractivity contribution in [3.8, 4) is 0 Å². The Morgan fingerprint density at radius 3 is 2.88 bits per heavy atom. The summed E-state index contributed by atoms with van der Waals surface area (Å²) in [6.45, 7) is 1.95. The van der Waals surface area contributed by atoms with Gasteiger partial charge >= 0.3 is 0 Å². The fourth-order valence-electron chi connectivity index (χ4n) is 1.09. The minimum Gasteiger partial charge on any atom is -0.397 e. The predicted molar refractivity (Wildman–Crippen MR) is 66.2 cm³/mol. The van der Waals surface area contributed by atoms with E-state index in [4.69, 9.17) is 5.73 Å². The zero-order chi connectivity index (χ0) is 11.7. The molecule has 0 spiro atoms. The van der Waals surface area contributed by atoms with E-state index in [2.05, 4.69) is 31.1 Å². The van der Waals surface area contributed by atoms with Crippen molar-refractivity contribution < 1.29 is 0 Å². The second-order valence-corrected chi connectivity index (χ2v) is 5.03. The van der Waals surface area contributed by atoms with Gasteiger partial charge in [-0.25, -0.2) is 4.98 Å². The van der Waals surface area contributed by atoms with Gasteiger partial charge in [-0.1, -0.05) is 0 Å². The number of nitrogen functional groups attached to an aromatic ring is 1. The second-order valence-electron chi connectivity index (χ2n) is 3.28. The van der Waals surface area contributed by atoms with Gasteiger partial charge in [-0.3, -0.25) is 0 Å². The molecule has 0 saturated carbocycles. The third-order valence-electron chi connectivity index (χ3n) is 2.13.